The zero-order chi connectivity index (χ0) is 18.1. The Bertz CT molecular complexity index is 1010. The molecule has 3 aromatic rings. The number of hydrogen-bond donors (Lipinski definition) is 2. The molecule has 0 amide bonds. The molecule has 3 rings (SSSR count). The van der Waals surface area contributed by atoms with Gasteiger partial charge in [0.25, 0.3) is 11.1 Å². The number of halogens is 2. The van der Waals surface area contributed by atoms with Crippen LogP contribution in [0.2, 0.25) is 10.0 Å². The van der Waals surface area contributed by atoms with Crippen molar-refractivity contribution < 1.29 is 9.26 Å². The first-order valence-electron chi connectivity index (χ1n) is 7.30. The molecule has 7 nitrogen and oxygen atoms in total. The van der Waals surface area contributed by atoms with Crippen molar-refractivity contribution in [2.75, 3.05) is 0 Å². The maximum atomic E-state index is 11.7. The van der Waals surface area contributed by atoms with E-state index in [0.717, 1.165) is 0 Å². The molecule has 0 aliphatic heterocycles. The van der Waals surface area contributed by atoms with Crippen molar-refractivity contribution in [2.45, 2.75) is 19.8 Å². The highest BCUT2D eigenvalue weighted by molar-refractivity contribution is 6.37. The van der Waals surface area contributed by atoms with Crippen LogP contribution in [0.3, 0.4) is 0 Å². The molecule has 0 fully saturated rings. The Morgan fingerprint density at radius 3 is 2.36 bits per heavy atom. The fourth-order valence-corrected chi connectivity index (χ4v) is 2.78. The Labute approximate surface area is 151 Å². The normalized spacial score (nSPS) is 11.1. The minimum atomic E-state index is -0.374. The lowest BCUT2D eigenvalue weighted by Crippen LogP contribution is -2.15. The Morgan fingerprint density at radius 2 is 1.80 bits per heavy atom. The topological polar surface area (TPSA) is 101 Å². The first-order chi connectivity index (χ1) is 11.8. The molecular formula is C16H13Cl2N3O4. The molecule has 2 N–H and O–H groups in total. The molecule has 1 aromatic carbocycles. The smallest absolute Gasteiger partial charge is 0.280 e. The van der Waals surface area contributed by atoms with E-state index in [-0.39, 0.29) is 38.7 Å². The van der Waals surface area contributed by atoms with E-state index in [0.29, 0.717) is 16.9 Å². The summed E-state index contributed by atoms with van der Waals surface area (Å²) < 4.78 is 10.7. The second-order valence-electron chi connectivity index (χ2n) is 5.59. The van der Waals surface area contributed by atoms with Gasteiger partial charge in [-0.15, -0.1) is 5.10 Å². The number of nitrogens with zero attached hydrogens (tertiary/aromatic N) is 1. The standard InChI is InChI=1S/C16H13Cl2N3O4/c1-7(2)9-5-14(19-20-16(9)23)24-15-10(17)3-8(4-11(15)18)12-6-13(22)21-25-12/h3-7H,1-2H3,(H,20,23)(H,21,22). The summed E-state index contributed by atoms with van der Waals surface area (Å²) in [7, 11) is 0. The minimum Gasteiger partial charge on any atom is -0.434 e. The molecule has 0 saturated heterocycles. The van der Waals surface area contributed by atoms with Crippen molar-refractivity contribution in [3.05, 3.63) is 60.6 Å². The van der Waals surface area contributed by atoms with E-state index in [9.17, 15) is 9.59 Å². The lowest BCUT2D eigenvalue weighted by atomic mass is 10.1. The van der Waals surface area contributed by atoms with Gasteiger partial charge >= 0.3 is 0 Å². The largest absolute Gasteiger partial charge is 0.434 e. The van der Waals surface area contributed by atoms with E-state index in [4.69, 9.17) is 32.5 Å². The summed E-state index contributed by atoms with van der Waals surface area (Å²) in [5.41, 5.74) is 0.388. The van der Waals surface area contributed by atoms with Crippen LogP contribution in [-0.4, -0.2) is 15.4 Å². The van der Waals surface area contributed by atoms with Crippen molar-refractivity contribution in [1.82, 2.24) is 15.4 Å². The van der Waals surface area contributed by atoms with Crippen molar-refractivity contribution in [2.24, 2.45) is 0 Å². The average Bonchev–Trinajstić information content (AvgIpc) is 2.98. The predicted octanol–water partition coefficient (Wildman–Crippen LogP) is 3.94. The lowest BCUT2D eigenvalue weighted by molar-refractivity contribution is 0.425. The molecule has 9 heteroatoms. The van der Waals surface area contributed by atoms with Gasteiger partial charge in [-0.2, -0.15) is 5.16 Å². The van der Waals surface area contributed by atoms with Crippen LogP contribution < -0.4 is 15.9 Å². The summed E-state index contributed by atoms with van der Waals surface area (Å²) >= 11 is 12.5. The second kappa shape index (κ2) is 6.78. The highest BCUT2D eigenvalue weighted by Gasteiger charge is 2.16. The van der Waals surface area contributed by atoms with E-state index >= 15 is 0 Å². The van der Waals surface area contributed by atoms with Crippen LogP contribution in [0.4, 0.5) is 0 Å². The van der Waals surface area contributed by atoms with Gasteiger partial charge in [-0.3, -0.25) is 9.59 Å². The molecule has 2 aromatic heterocycles. The van der Waals surface area contributed by atoms with Gasteiger partial charge in [-0.05, 0) is 18.1 Å². The Morgan fingerprint density at radius 1 is 1.12 bits per heavy atom. The maximum Gasteiger partial charge on any atom is 0.280 e. The highest BCUT2D eigenvalue weighted by Crippen LogP contribution is 2.39. The van der Waals surface area contributed by atoms with Crippen LogP contribution in [0.25, 0.3) is 11.3 Å². The number of ether oxygens (including phenoxy) is 1. The van der Waals surface area contributed by atoms with Gasteiger partial charge in [0, 0.05) is 17.2 Å². The van der Waals surface area contributed by atoms with Gasteiger partial charge in [0.05, 0.1) is 16.1 Å². The van der Waals surface area contributed by atoms with Gasteiger partial charge in [-0.25, -0.2) is 5.10 Å². The molecule has 2 heterocycles. The average molecular weight is 382 g/mol. The van der Waals surface area contributed by atoms with Gasteiger partial charge in [0.15, 0.2) is 11.5 Å². The molecule has 0 radical (unpaired) electrons. The molecule has 0 saturated carbocycles. The van der Waals surface area contributed by atoms with E-state index < -0.39 is 0 Å². The molecule has 0 unspecified atom stereocenters. The van der Waals surface area contributed by atoms with Gasteiger partial charge in [-0.1, -0.05) is 37.0 Å². The maximum absolute atomic E-state index is 11.7. The van der Waals surface area contributed by atoms with Crippen molar-refractivity contribution in [1.29, 1.82) is 0 Å². The fraction of sp³-hybridized carbons (Fsp3) is 0.188. The van der Waals surface area contributed by atoms with Crippen LogP contribution in [0, 0.1) is 0 Å². The second-order valence-corrected chi connectivity index (χ2v) is 6.41. The molecule has 0 spiro atoms. The zero-order valence-electron chi connectivity index (χ0n) is 13.2. The first-order valence-corrected chi connectivity index (χ1v) is 8.06. The van der Waals surface area contributed by atoms with E-state index in [1.807, 2.05) is 13.8 Å². The van der Waals surface area contributed by atoms with E-state index in [1.165, 1.54) is 12.1 Å². The fourth-order valence-electron chi connectivity index (χ4n) is 2.21. The molecule has 25 heavy (non-hydrogen) atoms. The first kappa shape index (κ1) is 17.3. The van der Waals surface area contributed by atoms with Crippen LogP contribution in [0.1, 0.15) is 25.3 Å². The molecule has 130 valence electrons. The molecule has 0 bridgehead atoms. The summed E-state index contributed by atoms with van der Waals surface area (Å²) in [6, 6.07) is 5.91. The quantitative estimate of drug-likeness (QED) is 0.712. The van der Waals surface area contributed by atoms with Gasteiger partial charge in [0.2, 0.25) is 5.88 Å². The predicted molar refractivity (Wildman–Crippen MR) is 93.8 cm³/mol. The molecular weight excluding hydrogens is 369 g/mol. The highest BCUT2D eigenvalue weighted by atomic mass is 35.5. The number of rotatable bonds is 4. The molecule has 0 aliphatic rings. The third-order valence-electron chi connectivity index (χ3n) is 3.44. The van der Waals surface area contributed by atoms with Crippen LogP contribution >= 0.6 is 23.2 Å². The van der Waals surface area contributed by atoms with Gasteiger partial charge < -0.3 is 9.26 Å². The number of nitrogens with one attached hydrogen (secondary N) is 2. The number of H-pyrrole nitrogens is 2. The van der Waals surface area contributed by atoms with Gasteiger partial charge in [0.1, 0.15) is 0 Å². The third-order valence-corrected chi connectivity index (χ3v) is 4.01. The molecule has 0 aliphatic carbocycles. The summed E-state index contributed by atoms with van der Waals surface area (Å²) in [6.07, 6.45) is 0. The number of aromatic nitrogens is 3. The van der Waals surface area contributed by atoms with Crippen LogP contribution in [0.5, 0.6) is 11.6 Å². The van der Waals surface area contributed by atoms with Crippen molar-refractivity contribution in [3.63, 3.8) is 0 Å². The van der Waals surface area contributed by atoms with Crippen molar-refractivity contribution >= 4 is 23.2 Å². The summed E-state index contributed by atoms with van der Waals surface area (Å²) in [5.74, 6) is 0.635. The Hall–Kier alpha value is -2.51. The zero-order valence-corrected chi connectivity index (χ0v) is 14.7. The summed E-state index contributed by atoms with van der Waals surface area (Å²) in [5, 5.41) is 8.81. The van der Waals surface area contributed by atoms with Crippen molar-refractivity contribution in [3.8, 4) is 23.0 Å². The third kappa shape index (κ3) is 3.62. The lowest BCUT2D eigenvalue weighted by Gasteiger charge is -2.11. The summed E-state index contributed by atoms with van der Waals surface area (Å²) in [6.45, 7) is 3.77. The number of hydrogen-bond acceptors (Lipinski definition) is 5. The summed E-state index contributed by atoms with van der Waals surface area (Å²) in [4.78, 5) is 22.9. The Balaban J connectivity index is 1.97. The molecule has 0 atom stereocenters. The number of benzene rings is 1. The van der Waals surface area contributed by atoms with E-state index in [2.05, 4.69) is 15.4 Å². The van der Waals surface area contributed by atoms with E-state index in [1.54, 1.807) is 12.1 Å². The van der Waals surface area contributed by atoms with Crippen LogP contribution in [-0.2, 0) is 0 Å². The SMILES string of the molecule is CC(C)c1cc(Oc2c(Cl)cc(-c3cc(=O)[nH]o3)cc2Cl)n[nH]c1=O. The monoisotopic (exact) mass is 381 g/mol. The Kier molecular flexibility index (Phi) is 4.69. The van der Waals surface area contributed by atoms with Crippen LogP contribution in [0.15, 0.2) is 38.4 Å². The number of aromatic amines is 2. The minimum absolute atomic E-state index is 0.00101.